The molecule has 3 heterocycles. The summed E-state index contributed by atoms with van der Waals surface area (Å²) in [6.07, 6.45) is 3.38. The van der Waals surface area contributed by atoms with Crippen LogP contribution in [-0.2, 0) is 6.54 Å². The number of hydrogen-bond acceptors (Lipinski definition) is 7. The zero-order chi connectivity index (χ0) is 19.3. The Labute approximate surface area is 165 Å². The standard InChI is InChI=1S/C21H25N7/c1-26-11-13-27(14-12-26)20-19(22)21(25-16-24-20)28(18-9-5-6-10-23-18)15-17-7-3-2-4-8-17/h2-10,16H,11-15,22H2,1H3. The molecule has 0 spiro atoms. The number of nitrogen functional groups attached to an aromatic ring is 1. The Balaban J connectivity index is 1.71. The van der Waals surface area contributed by atoms with E-state index >= 15 is 0 Å². The number of aromatic nitrogens is 3. The van der Waals surface area contributed by atoms with Gasteiger partial charge >= 0.3 is 0 Å². The van der Waals surface area contributed by atoms with Gasteiger partial charge in [0.25, 0.3) is 0 Å². The highest BCUT2D eigenvalue weighted by molar-refractivity contribution is 5.79. The van der Waals surface area contributed by atoms with Crippen molar-refractivity contribution in [2.45, 2.75) is 6.54 Å². The molecule has 0 radical (unpaired) electrons. The molecule has 1 fully saturated rings. The molecule has 1 aliphatic heterocycles. The Morgan fingerprint density at radius 1 is 0.929 bits per heavy atom. The third-order valence-electron chi connectivity index (χ3n) is 5.01. The SMILES string of the molecule is CN1CCN(c2ncnc(N(Cc3ccccc3)c3ccccn3)c2N)CC1. The zero-order valence-corrected chi connectivity index (χ0v) is 16.1. The molecule has 2 N–H and O–H groups in total. The molecule has 0 unspecified atom stereocenters. The van der Waals surface area contributed by atoms with Gasteiger partial charge in [-0.1, -0.05) is 36.4 Å². The molecule has 7 heteroatoms. The molecular weight excluding hydrogens is 350 g/mol. The summed E-state index contributed by atoms with van der Waals surface area (Å²) in [5.74, 6) is 2.29. The smallest absolute Gasteiger partial charge is 0.163 e. The van der Waals surface area contributed by atoms with Gasteiger partial charge in [0.2, 0.25) is 0 Å². The number of piperazine rings is 1. The number of hydrogen-bond donors (Lipinski definition) is 1. The van der Waals surface area contributed by atoms with E-state index in [0.29, 0.717) is 18.1 Å². The molecule has 2 aromatic heterocycles. The van der Waals surface area contributed by atoms with Gasteiger partial charge in [0.15, 0.2) is 11.6 Å². The van der Waals surface area contributed by atoms with Crippen LogP contribution in [0, 0.1) is 0 Å². The lowest BCUT2D eigenvalue weighted by Gasteiger charge is -2.34. The predicted octanol–water partition coefficient (Wildman–Crippen LogP) is 2.54. The summed E-state index contributed by atoms with van der Waals surface area (Å²) in [6, 6.07) is 16.1. The average Bonchev–Trinajstić information content (AvgIpc) is 2.75. The molecule has 7 nitrogen and oxygen atoms in total. The van der Waals surface area contributed by atoms with Crippen LogP contribution in [0.2, 0.25) is 0 Å². The van der Waals surface area contributed by atoms with E-state index in [1.165, 1.54) is 0 Å². The second-order valence-corrected chi connectivity index (χ2v) is 6.98. The monoisotopic (exact) mass is 375 g/mol. The molecular formula is C21H25N7. The van der Waals surface area contributed by atoms with Crippen LogP contribution in [0.3, 0.4) is 0 Å². The van der Waals surface area contributed by atoms with E-state index in [9.17, 15) is 0 Å². The summed E-state index contributed by atoms with van der Waals surface area (Å²) in [5.41, 5.74) is 8.34. The van der Waals surface area contributed by atoms with Gasteiger partial charge in [-0.3, -0.25) is 0 Å². The number of benzene rings is 1. The first kappa shape index (κ1) is 18.2. The Morgan fingerprint density at radius 2 is 1.68 bits per heavy atom. The van der Waals surface area contributed by atoms with Crippen LogP contribution in [0.15, 0.2) is 61.1 Å². The molecule has 0 atom stereocenters. The van der Waals surface area contributed by atoms with E-state index in [4.69, 9.17) is 5.73 Å². The van der Waals surface area contributed by atoms with E-state index in [0.717, 1.165) is 43.4 Å². The van der Waals surface area contributed by atoms with E-state index in [-0.39, 0.29) is 0 Å². The topological polar surface area (TPSA) is 74.4 Å². The maximum Gasteiger partial charge on any atom is 0.163 e. The summed E-state index contributed by atoms with van der Waals surface area (Å²) in [4.78, 5) is 20.2. The first-order valence-corrected chi connectivity index (χ1v) is 9.49. The maximum atomic E-state index is 6.59. The van der Waals surface area contributed by atoms with Crippen molar-refractivity contribution in [3.05, 3.63) is 66.6 Å². The van der Waals surface area contributed by atoms with E-state index in [2.05, 4.69) is 43.9 Å². The molecule has 0 saturated carbocycles. The Morgan fingerprint density at radius 3 is 2.39 bits per heavy atom. The van der Waals surface area contributed by atoms with Crippen LogP contribution in [0.4, 0.5) is 23.1 Å². The summed E-state index contributed by atoms with van der Waals surface area (Å²) >= 11 is 0. The summed E-state index contributed by atoms with van der Waals surface area (Å²) in [6.45, 7) is 4.42. The number of pyridine rings is 1. The molecule has 1 saturated heterocycles. The average molecular weight is 375 g/mol. The number of anilines is 4. The van der Waals surface area contributed by atoms with Gasteiger partial charge in [0, 0.05) is 32.4 Å². The highest BCUT2D eigenvalue weighted by Gasteiger charge is 2.23. The van der Waals surface area contributed by atoms with Gasteiger partial charge < -0.3 is 20.4 Å². The lowest BCUT2D eigenvalue weighted by Crippen LogP contribution is -2.45. The van der Waals surface area contributed by atoms with E-state index < -0.39 is 0 Å². The molecule has 0 amide bonds. The zero-order valence-electron chi connectivity index (χ0n) is 16.1. The largest absolute Gasteiger partial charge is 0.393 e. The van der Waals surface area contributed by atoms with Crippen LogP contribution >= 0.6 is 0 Å². The van der Waals surface area contributed by atoms with Crippen LogP contribution in [0.1, 0.15) is 5.56 Å². The van der Waals surface area contributed by atoms with Gasteiger partial charge in [0.05, 0.1) is 6.54 Å². The molecule has 144 valence electrons. The minimum atomic E-state index is 0.591. The predicted molar refractivity (Wildman–Crippen MR) is 113 cm³/mol. The lowest BCUT2D eigenvalue weighted by molar-refractivity contribution is 0.312. The van der Waals surface area contributed by atoms with Crippen molar-refractivity contribution in [2.24, 2.45) is 0 Å². The Bertz CT molecular complexity index is 893. The van der Waals surface area contributed by atoms with Crippen LogP contribution < -0.4 is 15.5 Å². The fourth-order valence-electron chi connectivity index (χ4n) is 3.41. The quantitative estimate of drug-likeness (QED) is 0.734. The van der Waals surface area contributed by atoms with Gasteiger partial charge in [-0.2, -0.15) is 0 Å². The van der Waals surface area contributed by atoms with Crippen molar-refractivity contribution < 1.29 is 0 Å². The van der Waals surface area contributed by atoms with Crippen LogP contribution in [0.5, 0.6) is 0 Å². The molecule has 1 aliphatic rings. The molecule has 0 aliphatic carbocycles. The molecule has 1 aromatic carbocycles. The van der Waals surface area contributed by atoms with Crippen LogP contribution in [0.25, 0.3) is 0 Å². The highest BCUT2D eigenvalue weighted by Crippen LogP contribution is 2.34. The Kier molecular flexibility index (Phi) is 5.34. The van der Waals surface area contributed by atoms with Crippen molar-refractivity contribution >= 4 is 23.1 Å². The fraction of sp³-hybridized carbons (Fsp3) is 0.286. The van der Waals surface area contributed by atoms with Gasteiger partial charge in [-0.15, -0.1) is 0 Å². The van der Waals surface area contributed by atoms with Gasteiger partial charge in [-0.25, -0.2) is 15.0 Å². The van der Waals surface area contributed by atoms with Gasteiger partial charge in [0.1, 0.15) is 17.8 Å². The van der Waals surface area contributed by atoms with Crippen molar-refractivity contribution in [3.8, 4) is 0 Å². The molecule has 4 rings (SSSR count). The first-order valence-electron chi connectivity index (χ1n) is 9.49. The van der Waals surface area contributed by atoms with Crippen molar-refractivity contribution in [1.29, 1.82) is 0 Å². The van der Waals surface area contributed by atoms with E-state index in [1.807, 2.05) is 41.3 Å². The van der Waals surface area contributed by atoms with Crippen molar-refractivity contribution in [1.82, 2.24) is 19.9 Å². The summed E-state index contributed by atoms with van der Waals surface area (Å²) in [7, 11) is 2.13. The minimum Gasteiger partial charge on any atom is -0.393 e. The summed E-state index contributed by atoms with van der Waals surface area (Å²) < 4.78 is 0. The second kappa shape index (κ2) is 8.22. The molecule has 0 bridgehead atoms. The molecule has 28 heavy (non-hydrogen) atoms. The fourth-order valence-corrected chi connectivity index (χ4v) is 3.41. The molecule has 3 aromatic rings. The number of likely N-dealkylation sites (N-methyl/N-ethyl adjacent to an activating group) is 1. The highest BCUT2D eigenvalue weighted by atomic mass is 15.3. The third kappa shape index (κ3) is 3.89. The minimum absolute atomic E-state index is 0.591. The number of nitrogens with two attached hydrogens (primary N) is 1. The van der Waals surface area contributed by atoms with Crippen molar-refractivity contribution in [3.63, 3.8) is 0 Å². The lowest BCUT2D eigenvalue weighted by atomic mass is 10.2. The van der Waals surface area contributed by atoms with Crippen molar-refractivity contribution in [2.75, 3.05) is 48.8 Å². The van der Waals surface area contributed by atoms with Crippen LogP contribution in [-0.4, -0.2) is 53.1 Å². The normalized spacial score (nSPS) is 14.8. The first-order chi connectivity index (χ1) is 13.7. The number of rotatable bonds is 5. The third-order valence-corrected chi connectivity index (χ3v) is 5.01. The summed E-state index contributed by atoms with van der Waals surface area (Å²) in [5, 5.41) is 0. The Hall–Kier alpha value is -3.19. The van der Waals surface area contributed by atoms with Gasteiger partial charge in [-0.05, 0) is 24.7 Å². The number of nitrogens with zero attached hydrogens (tertiary/aromatic N) is 6. The van der Waals surface area contributed by atoms with E-state index in [1.54, 1.807) is 12.5 Å². The maximum absolute atomic E-state index is 6.59. The second-order valence-electron chi connectivity index (χ2n) is 6.98.